The van der Waals surface area contributed by atoms with Gasteiger partial charge in [0.15, 0.2) is 41.6 Å². The largest absolute Gasteiger partial charge is 0.481 e. The van der Waals surface area contributed by atoms with Crippen molar-refractivity contribution >= 4 is 147 Å². The van der Waals surface area contributed by atoms with E-state index in [9.17, 15) is 61.0 Å². The molecule has 0 unspecified atom stereocenters. The van der Waals surface area contributed by atoms with Crippen LogP contribution < -0.4 is 16.0 Å². The van der Waals surface area contributed by atoms with Gasteiger partial charge in [-0.2, -0.15) is 10.2 Å². The number of hydrogen-bond donors (Lipinski definition) is 8. The van der Waals surface area contributed by atoms with Crippen molar-refractivity contribution in [2.75, 3.05) is 71.7 Å². The number of nitrogens with one attached hydrogen (secondary N) is 5. The number of halogens is 4. The van der Waals surface area contributed by atoms with Gasteiger partial charge in [-0.25, -0.2) is 22.4 Å². The van der Waals surface area contributed by atoms with Crippen LogP contribution in [-0.2, 0) is 70.0 Å². The quantitative estimate of drug-likeness (QED) is 0.0168. The Labute approximate surface area is 795 Å². The van der Waals surface area contributed by atoms with Crippen LogP contribution in [0.5, 0.6) is 0 Å². The molecule has 2 saturated carbocycles. The number of anilines is 2. The molecule has 134 heavy (non-hydrogen) atoms. The summed E-state index contributed by atoms with van der Waals surface area (Å²) in [7, 11) is -2.31. The molecule has 6 heterocycles. The van der Waals surface area contributed by atoms with Crippen LogP contribution in [0.4, 0.5) is 28.9 Å². The number of fused-ring (bicyclic) bond motifs is 2. The molecule has 3 amide bonds. The second-order valence-corrected chi connectivity index (χ2v) is 67.3. The molecular formula is C97H152F4N10O18Si5. The van der Waals surface area contributed by atoms with Gasteiger partial charge in [-0.1, -0.05) is 140 Å². The Morgan fingerprint density at radius 3 is 1.20 bits per heavy atom. The number of methoxy groups -OCH3 is 2. The first-order chi connectivity index (χ1) is 61.5. The van der Waals surface area contributed by atoms with Gasteiger partial charge in [-0.3, -0.25) is 53.6 Å². The number of carboxylic acid groups (broad SMARTS) is 3. The third-order valence-corrected chi connectivity index (χ3v) is 50.3. The number of aromatic amines is 2. The fourth-order valence-electron chi connectivity index (χ4n) is 13.7. The minimum atomic E-state index is -1.93. The summed E-state index contributed by atoms with van der Waals surface area (Å²) in [6.07, 6.45) is 12.4. The predicted octanol–water partition coefficient (Wildman–Crippen LogP) is 19.6. The molecule has 37 heteroatoms. The minimum absolute atomic E-state index is 0.0140. The average molecular weight is 1960 g/mol. The molecule has 12 rings (SSSR count). The molecule has 0 spiro atoms. The highest BCUT2D eigenvalue weighted by Crippen LogP contribution is 2.49. The molecule has 2 aliphatic carbocycles. The van der Waals surface area contributed by atoms with E-state index < -0.39 is 82.6 Å². The number of aromatic nitrogens is 4. The summed E-state index contributed by atoms with van der Waals surface area (Å²) in [5, 5.41) is 51.3. The number of rotatable bonds is 23. The lowest BCUT2D eigenvalue weighted by molar-refractivity contribution is -0.147. The lowest BCUT2D eigenvalue weighted by Crippen LogP contribution is -2.44. The number of hydrogen-bond acceptors (Lipinski definition) is 20. The van der Waals surface area contributed by atoms with Gasteiger partial charge in [-0.15, -0.1) is 0 Å². The summed E-state index contributed by atoms with van der Waals surface area (Å²) in [4.78, 5) is 96.0. The van der Waals surface area contributed by atoms with E-state index in [0.29, 0.717) is 70.3 Å². The van der Waals surface area contributed by atoms with Crippen molar-refractivity contribution in [2.45, 2.75) is 308 Å². The Bertz CT molecular complexity index is 5080. The minimum Gasteiger partial charge on any atom is -0.481 e. The van der Waals surface area contributed by atoms with Gasteiger partial charge in [0, 0.05) is 86.4 Å². The van der Waals surface area contributed by atoms with Crippen LogP contribution in [0.1, 0.15) is 192 Å². The number of ether oxygens (including phenoxy) is 2. The van der Waals surface area contributed by atoms with Gasteiger partial charge in [0.1, 0.15) is 47.4 Å². The van der Waals surface area contributed by atoms with Gasteiger partial charge < -0.3 is 67.8 Å². The van der Waals surface area contributed by atoms with Crippen LogP contribution >= 0.6 is 0 Å². The molecule has 8 atom stereocenters. The fraction of sp³-hybridized carbons (Fsp3) is 0.608. The maximum absolute atomic E-state index is 14.1. The van der Waals surface area contributed by atoms with Gasteiger partial charge in [0.05, 0.1) is 84.5 Å². The monoisotopic (exact) mass is 1960 g/mol. The third-order valence-electron chi connectivity index (χ3n) is 27.7. The van der Waals surface area contributed by atoms with E-state index in [4.69, 9.17) is 41.8 Å². The van der Waals surface area contributed by atoms with Gasteiger partial charge in [0.2, 0.25) is 17.7 Å². The molecule has 4 aromatic carbocycles. The standard InChI is InChI=1S/C19H15F2N3O.C17H13F2N3O.C13H25NO4Si.C13H27NO3Si.2C12H25NO3Si.C11H22O3Si/c20-14-4-2-1-3-11(14)7-8-16-13-9-18(22-19(25)12-5-6-12)15(21)10-17(13)24-23-16;1-10(23)20-17-8-12-15(21-22-16(12)9-14(17)19)7-6-11-4-2-3-5-13(11)18;1-9(15)14-8-10(7-11(14)12(16)17)18-19(5,6)13(2,3)4;1-13(2,3)18(6,7)17-10-8-11(12(15)16-5)14(4)9-10;1-12(2,3)17(5,6)16-9-7-10(13-8-9)11(14)15-4;1-12(2,3)17(5,6)16-9-7-10(11(14)15)13(4)8-9;1-10(2,3)15(4,5)14-8-11(6-7-11)9(12)13/h1-4,7-10,12H,5-6H2,(H,22,25)(H,23,24);2-9H,1H3,(H,20,23)(H,21,22);10-11H,7-8H2,1-6H3,(H,16,17);10-11H,8-9H2,1-7H3;9-10,13H,7-8H2,1-6H3;9-10H,7-8H2,1-6H3,(H,14,15);6-8H2,1-5H3,(H,12,13)/b8-7+;7-6+;;;;;/t;;2*10-,11+;2*9-,10+;/m..1111./s1. The van der Waals surface area contributed by atoms with Gasteiger partial charge in [-0.05, 0) is 198 Å². The first-order valence-electron chi connectivity index (χ1n) is 45.9. The van der Waals surface area contributed by atoms with Gasteiger partial charge >= 0.3 is 29.8 Å². The van der Waals surface area contributed by atoms with Crippen LogP contribution in [0.25, 0.3) is 46.1 Å². The third kappa shape index (κ3) is 32.1. The first kappa shape index (κ1) is 114. The highest BCUT2D eigenvalue weighted by Gasteiger charge is 2.53. The Hall–Kier alpha value is -8.46. The second-order valence-electron chi connectivity index (χ2n) is 43.5. The lowest BCUT2D eigenvalue weighted by Gasteiger charge is -2.38. The SMILES string of the molecule is CC(=O)N1C[C@H](O[Si](C)(C)C(C)(C)C)C[C@H]1C(=O)O.CC(=O)Nc1cc2c(/C=C/c3ccccc3F)n[nH]c2cc1F.CC(C)(C)[Si](C)(C)OCC1(C(=O)O)CC1.CN1C[C@H](O[Si](C)(C)C(C)(C)C)C[C@H]1C(=O)O.COC(=O)[C@@H]1C[C@@H](O[Si](C)(C)C(C)(C)C)CN1.COC(=O)[C@@H]1C[C@@H](O[Si](C)(C)C(C)(C)C)CN1C.O=C(Nc1cc2c(/C=C/c3ccccc3F)n[nH]c2cc1F)C1CC1. The van der Waals surface area contributed by atoms with Crippen molar-refractivity contribution in [1.82, 2.24) is 40.4 Å². The summed E-state index contributed by atoms with van der Waals surface area (Å²) in [6.45, 7) is 60.7. The van der Waals surface area contributed by atoms with Crippen molar-refractivity contribution in [3.63, 3.8) is 0 Å². The number of nitrogens with zero attached hydrogens (tertiary/aromatic N) is 5. The zero-order chi connectivity index (χ0) is 102. The maximum Gasteiger partial charge on any atom is 0.326 e. The molecule has 0 bridgehead atoms. The molecule has 6 aliphatic rings. The van der Waals surface area contributed by atoms with E-state index in [-0.39, 0.29) is 126 Å². The van der Waals surface area contributed by atoms with E-state index in [1.165, 1.54) is 63.3 Å². The van der Waals surface area contributed by atoms with Crippen LogP contribution in [0, 0.1) is 34.6 Å². The summed E-state index contributed by atoms with van der Waals surface area (Å²) >= 11 is 0. The number of esters is 2. The summed E-state index contributed by atoms with van der Waals surface area (Å²) in [6, 6.07) is 16.9. The van der Waals surface area contributed by atoms with E-state index in [0.717, 1.165) is 58.2 Å². The molecule has 28 nitrogen and oxygen atoms in total. The number of likely N-dealkylation sites (tertiary alicyclic amines) is 3. The lowest BCUT2D eigenvalue weighted by atomic mass is 10.1. The zero-order valence-corrected chi connectivity index (χ0v) is 89.8. The van der Waals surface area contributed by atoms with E-state index in [2.05, 4.69) is 206 Å². The summed E-state index contributed by atoms with van der Waals surface area (Å²) in [5.74, 6) is -5.21. The summed E-state index contributed by atoms with van der Waals surface area (Å²) < 4.78 is 95.9. The molecule has 8 N–H and O–H groups in total. The van der Waals surface area contributed by atoms with Crippen LogP contribution in [-0.4, -0.2) is 249 Å². The number of carbonyl (C=O) groups excluding carboxylic acids is 5. The molecule has 4 saturated heterocycles. The van der Waals surface area contributed by atoms with Crippen molar-refractivity contribution in [3.05, 3.63) is 119 Å². The molecule has 6 fully saturated rings. The van der Waals surface area contributed by atoms with Crippen molar-refractivity contribution in [2.24, 2.45) is 11.3 Å². The second kappa shape index (κ2) is 46.3. The highest BCUT2D eigenvalue weighted by atomic mass is 28.4. The van der Waals surface area contributed by atoms with Crippen molar-refractivity contribution in [3.8, 4) is 0 Å². The average Bonchev–Trinajstić information content (AvgIpc) is 1.66. The molecule has 6 aromatic rings. The van der Waals surface area contributed by atoms with Gasteiger partial charge in [0.25, 0.3) is 0 Å². The molecule has 746 valence electrons. The Morgan fingerprint density at radius 1 is 0.485 bits per heavy atom. The Balaban J connectivity index is 0.000000242. The fourth-order valence-corrected chi connectivity index (χ4v) is 20.2. The normalized spacial score (nSPS) is 20.7. The van der Waals surface area contributed by atoms with Crippen LogP contribution in [0.2, 0.25) is 90.7 Å². The smallest absolute Gasteiger partial charge is 0.326 e. The number of benzene rings is 4. The number of carbonyl (C=O) groups is 8. The first-order valence-corrected chi connectivity index (χ1v) is 60.5. The number of likely N-dealkylation sites (N-methyl/N-ethyl adjacent to an activating group) is 2. The molecule has 0 radical (unpaired) electrons. The number of carboxylic acids is 3. The predicted molar refractivity (Wildman–Crippen MR) is 533 cm³/mol. The number of aliphatic carboxylic acids is 3. The summed E-state index contributed by atoms with van der Waals surface area (Å²) in [5.41, 5.74) is 2.58. The van der Waals surface area contributed by atoms with Crippen LogP contribution in [0.15, 0.2) is 72.8 Å². The number of H-pyrrole nitrogens is 2. The van der Waals surface area contributed by atoms with E-state index in [1.54, 1.807) is 66.8 Å². The molecule has 4 aliphatic heterocycles. The Morgan fingerprint density at radius 2 is 0.858 bits per heavy atom. The van der Waals surface area contributed by atoms with E-state index >= 15 is 0 Å². The number of amides is 3. The maximum atomic E-state index is 14.1. The zero-order valence-electron chi connectivity index (χ0n) is 84.8. The van der Waals surface area contributed by atoms with Crippen molar-refractivity contribution < 1.29 is 103 Å². The molecule has 2 aromatic heterocycles. The van der Waals surface area contributed by atoms with E-state index in [1.807, 2.05) is 23.9 Å². The van der Waals surface area contributed by atoms with Crippen LogP contribution in [0.3, 0.4) is 0 Å². The highest BCUT2D eigenvalue weighted by molar-refractivity contribution is 6.76. The molecular weight excluding hydrogens is 1810 g/mol. The van der Waals surface area contributed by atoms with Crippen molar-refractivity contribution in [1.29, 1.82) is 0 Å². The topological polar surface area (TPSA) is 365 Å². The Kier molecular flexibility index (Phi) is 39.5.